The minimum absolute atomic E-state index is 0.114. The summed E-state index contributed by atoms with van der Waals surface area (Å²) in [6.45, 7) is 17.7. The van der Waals surface area contributed by atoms with Crippen molar-refractivity contribution in [1.29, 1.82) is 0 Å². The molecule has 0 unspecified atom stereocenters. The lowest BCUT2D eigenvalue weighted by Crippen LogP contribution is -2.64. The standard InChI is InChI=1S/C37H49F3N6O4/c1-23-16-43(28(17-42-12-13-49-21-24(42)2)18-44(23)35(48)50-36(3,4)5)20-31(47)46-22-37(6,7)32-30(46)15-26(14-25-8-10-27(38)11-9-25)34-41-29(33(39)40)19-45(32)34/h8-11,15,19,23-24,28,33H,12-14,16-18,20-22H2,1-7H3/t23-,24-,28+/m1/s1. The monoisotopic (exact) mass is 698 g/mol. The first kappa shape index (κ1) is 36.1. The predicted molar refractivity (Wildman–Crippen MR) is 184 cm³/mol. The Balaban J connectivity index is 1.32. The van der Waals surface area contributed by atoms with Gasteiger partial charge in [0, 0.05) is 74.4 Å². The molecule has 2 fully saturated rings. The Morgan fingerprint density at radius 3 is 2.46 bits per heavy atom. The molecule has 272 valence electrons. The lowest BCUT2D eigenvalue weighted by atomic mass is 9.90. The van der Waals surface area contributed by atoms with E-state index in [-0.39, 0.29) is 48.2 Å². The summed E-state index contributed by atoms with van der Waals surface area (Å²) in [7, 11) is 0. The highest BCUT2D eigenvalue weighted by Crippen LogP contribution is 2.43. The third-order valence-corrected chi connectivity index (χ3v) is 10.00. The number of benzene rings is 1. The largest absolute Gasteiger partial charge is 0.444 e. The maximum Gasteiger partial charge on any atom is 0.410 e. The number of anilines is 1. The number of morpholine rings is 1. The van der Waals surface area contributed by atoms with Crippen molar-refractivity contribution in [2.24, 2.45) is 0 Å². The first-order valence-corrected chi connectivity index (χ1v) is 17.4. The van der Waals surface area contributed by atoms with Crippen molar-refractivity contribution in [3.8, 4) is 0 Å². The molecule has 50 heavy (non-hydrogen) atoms. The number of ether oxygens (including phenoxy) is 2. The van der Waals surface area contributed by atoms with E-state index in [1.807, 2.05) is 47.6 Å². The van der Waals surface area contributed by atoms with Crippen LogP contribution in [-0.2, 0) is 26.1 Å². The van der Waals surface area contributed by atoms with Gasteiger partial charge in [0.25, 0.3) is 6.43 Å². The zero-order valence-electron chi connectivity index (χ0n) is 30.1. The van der Waals surface area contributed by atoms with Crippen molar-refractivity contribution in [3.05, 3.63) is 64.9 Å². The smallest absolute Gasteiger partial charge is 0.410 e. The molecule has 10 nitrogen and oxygen atoms in total. The number of amides is 2. The van der Waals surface area contributed by atoms with Crippen LogP contribution in [0.15, 0.2) is 36.5 Å². The second-order valence-corrected chi connectivity index (χ2v) is 15.7. The van der Waals surface area contributed by atoms with E-state index in [1.165, 1.54) is 18.3 Å². The molecular weight excluding hydrogens is 649 g/mol. The Hall–Kier alpha value is -3.68. The van der Waals surface area contributed by atoms with Gasteiger partial charge in [0.1, 0.15) is 22.8 Å². The van der Waals surface area contributed by atoms with Crippen LogP contribution in [0.3, 0.4) is 0 Å². The molecule has 2 aromatic heterocycles. The van der Waals surface area contributed by atoms with Crippen molar-refractivity contribution < 1.29 is 32.2 Å². The van der Waals surface area contributed by atoms with Gasteiger partial charge in [-0.25, -0.2) is 22.9 Å². The molecule has 0 N–H and O–H groups in total. The fourth-order valence-electron chi connectivity index (χ4n) is 7.54. The molecule has 5 heterocycles. The average molecular weight is 699 g/mol. The van der Waals surface area contributed by atoms with Crippen LogP contribution in [0.25, 0.3) is 5.65 Å². The summed E-state index contributed by atoms with van der Waals surface area (Å²) in [5.74, 6) is -0.481. The summed E-state index contributed by atoms with van der Waals surface area (Å²) in [6, 6.07) is 7.80. The van der Waals surface area contributed by atoms with Crippen LogP contribution in [0.5, 0.6) is 0 Å². The van der Waals surface area contributed by atoms with E-state index in [4.69, 9.17) is 9.47 Å². The second kappa shape index (κ2) is 13.8. The fourth-order valence-corrected chi connectivity index (χ4v) is 7.54. The molecule has 0 radical (unpaired) electrons. The third kappa shape index (κ3) is 7.50. The Morgan fingerprint density at radius 2 is 1.80 bits per heavy atom. The third-order valence-electron chi connectivity index (χ3n) is 10.00. The summed E-state index contributed by atoms with van der Waals surface area (Å²) in [6.07, 6.45) is -1.44. The minimum Gasteiger partial charge on any atom is -0.444 e. The zero-order chi connectivity index (χ0) is 36.1. The van der Waals surface area contributed by atoms with E-state index in [0.717, 1.165) is 17.8 Å². The Bertz CT molecular complexity index is 1720. The van der Waals surface area contributed by atoms with Crippen molar-refractivity contribution in [3.63, 3.8) is 0 Å². The molecule has 6 rings (SSSR count). The van der Waals surface area contributed by atoms with Gasteiger partial charge >= 0.3 is 6.09 Å². The molecule has 0 aliphatic carbocycles. The van der Waals surface area contributed by atoms with Crippen molar-refractivity contribution in [2.75, 3.05) is 57.4 Å². The van der Waals surface area contributed by atoms with Crippen LogP contribution in [-0.4, -0.2) is 112 Å². The lowest BCUT2D eigenvalue weighted by Gasteiger charge is -2.47. The number of piperazine rings is 1. The average Bonchev–Trinajstić information content (AvgIpc) is 3.59. The number of carbonyl (C=O) groups excluding carboxylic acids is 2. The molecule has 13 heteroatoms. The van der Waals surface area contributed by atoms with Gasteiger partial charge in [0.2, 0.25) is 5.91 Å². The summed E-state index contributed by atoms with van der Waals surface area (Å²) in [5, 5.41) is 0. The summed E-state index contributed by atoms with van der Waals surface area (Å²) in [5.41, 5.74) is 1.71. The molecule has 2 saturated heterocycles. The highest BCUT2D eigenvalue weighted by molar-refractivity contribution is 5.98. The van der Waals surface area contributed by atoms with Crippen LogP contribution >= 0.6 is 0 Å². The Morgan fingerprint density at radius 1 is 1.08 bits per heavy atom. The maximum atomic E-state index is 14.5. The van der Waals surface area contributed by atoms with Crippen molar-refractivity contribution in [1.82, 2.24) is 24.1 Å². The topological polar surface area (TPSA) is 82.9 Å². The normalized spacial score (nSPS) is 23.1. The number of carbonyl (C=O) groups is 2. The number of nitrogens with zero attached hydrogens (tertiary/aromatic N) is 6. The minimum atomic E-state index is -2.76. The molecule has 1 aromatic carbocycles. The van der Waals surface area contributed by atoms with E-state index in [0.29, 0.717) is 62.7 Å². The number of rotatable bonds is 7. The van der Waals surface area contributed by atoms with E-state index >= 15 is 0 Å². The number of aromatic nitrogens is 2. The number of alkyl halides is 2. The molecule has 2 amide bonds. The second-order valence-electron chi connectivity index (χ2n) is 15.7. The van der Waals surface area contributed by atoms with Crippen LogP contribution in [0, 0.1) is 5.82 Å². The molecular formula is C37H49F3N6O4. The van der Waals surface area contributed by atoms with Crippen LogP contribution in [0.1, 0.15) is 77.4 Å². The van der Waals surface area contributed by atoms with E-state index < -0.39 is 17.4 Å². The number of imidazole rings is 1. The number of hydrogen-bond acceptors (Lipinski definition) is 7. The Labute approximate surface area is 292 Å². The van der Waals surface area contributed by atoms with Gasteiger partial charge in [-0.15, -0.1) is 0 Å². The first-order chi connectivity index (χ1) is 23.5. The number of halogens is 3. The van der Waals surface area contributed by atoms with Gasteiger partial charge in [-0.1, -0.05) is 26.0 Å². The van der Waals surface area contributed by atoms with Crippen LogP contribution in [0.4, 0.5) is 23.7 Å². The van der Waals surface area contributed by atoms with Crippen molar-refractivity contribution >= 4 is 23.3 Å². The number of fused-ring (bicyclic) bond motifs is 3. The van der Waals surface area contributed by atoms with Gasteiger partial charge < -0.3 is 23.7 Å². The fraction of sp³-hybridized carbons (Fsp3) is 0.595. The quantitative estimate of drug-likeness (QED) is 0.315. The van der Waals surface area contributed by atoms with Gasteiger partial charge in [-0.3, -0.25) is 14.6 Å². The van der Waals surface area contributed by atoms with Crippen LogP contribution in [0.2, 0.25) is 0 Å². The number of hydrogen-bond donors (Lipinski definition) is 0. The van der Waals surface area contributed by atoms with E-state index in [1.54, 1.807) is 26.3 Å². The zero-order valence-corrected chi connectivity index (χ0v) is 30.1. The van der Waals surface area contributed by atoms with Crippen molar-refractivity contribution in [2.45, 2.75) is 90.5 Å². The Kier molecular flexibility index (Phi) is 9.97. The van der Waals surface area contributed by atoms with Crippen LogP contribution < -0.4 is 4.90 Å². The van der Waals surface area contributed by atoms with E-state index in [2.05, 4.69) is 21.7 Å². The molecule has 3 aromatic rings. The molecule has 3 aliphatic rings. The molecule has 0 saturated carbocycles. The molecule has 0 spiro atoms. The van der Waals surface area contributed by atoms with E-state index in [9.17, 15) is 22.8 Å². The summed E-state index contributed by atoms with van der Waals surface area (Å²) in [4.78, 5) is 40.2. The first-order valence-electron chi connectivity index (χ1n) is 17.4. The molecule has 3 atom stereocenters. The molecule has 0 bridgehead atoms. The summed E-state index contributed by atoms with van der Waals surface area (Å²) < 4.78 is 54.9. The SMILES string of the molecule is C[C@@H]1COCCN1C[C@H]1CN(C(=O)OC(C)(C)C)[C@H](C)CN1CC(=O)N1CC(C)(C)c2c1cc(Cc1ccc(F)cc1)c1nc(C(F)F)cn21. The predicted octanol–water partition coefficient (Wildman–Crippen LogP) is 5.66. The highest BCUT2D eigenvalue weighted by Gasteiger charge is 2.44. The van der Waals surface area contributed by atoms with Gasteiger partial charge in [-0.2, -0.15) is 0 Å². The maximum absolute atomic E-state index is 14.5. The van der Waals surface area contributed by atoms with Gasteiger partial charge in [0.15, 0.2) is 0 Å². The van der Waals surface area contributed by atoms with Gasteiger partial charge in [0.05, 0.1) is 31.1 Å². The number of pyridine rings is 1. The van der Waals surface area contributed by atoms with Gasteiger partial charge in [-0.05, 0) is 58.4 Å². The summed E-state index contributed by atoms with van der Waals surface area (Å²) >= 11 is 0. The molecule has 3 aliphatic heterocycles. The lowest BCUT2D eigenvalue weighted by molar-refractivity contribution is -0.121. The highest BCUT2D eigenvalue weighted by atomic mass is 19.3.